The van der Waals surface area contributed by atoms with Crippen LogP contribution in [-0.2, 0) is 0 Å². The van der Waals surface area contributed by atoms with Crippen molar-refractivity contribution in [2.45, 2.75) is 50.3 Å². The molecular weight excluding hydrogens is 352 g/mol. The van der Waals surface area contributed by atoms with Crippen molar-refractivity contribution in [2.24, 2.45) is 5.92 Å². The minimum absolute atomic E-state index is 0.102. The second-order valence-electron chi connectivity index (χ2n) is 6.79. The predicted octanol–water partition coefficient (Wildman–Crippen LogP) is 6.49. The van der Waals surface area contributed by atoms with Gasteiger partial charge in [0.05, 0.1) is 11.5 Å². The molecule has 1 saturated carbocycles. The first-order valence-corrected chi connectivity index (χ1v) is 10.4. The normalized spacial score (nSPS) is 14.3. The maximum absolute atomic E-state index is 14.5. The molecule has 0 amide bonds. The molecule has 2 nitrogen and oxygen atoms in total. The molecule has 0 bridgehead atoms. The fourth-order valence-electron chi connectivity index (χ4n) is 2.96. The summed E-state index contributed by atoms with van der Waals surface area (Å²) in [6, 6.07) is 6.33. The van der Waals surface area contributed by atoms with Gasteiger partial charge in [-0.3, -0.25) is 0 Å². The van der Waals surface area contributed by atoms with Crippen molar-refractivity contribution in [3.63, 3.8) is 0 Å². The lowest BCUT2D eigenvalue weighted by molar-refractivity contribution is 0.176. The van der Waals surface area contributed by atoms with Crippen molar-refractivity contribution < 1.29 is 13.5 Å². The van der Waals surface area contributed by atoms with Crippen molar-refractivity contribution >= 4 is 11.8 Å². The van der Waals surface area contributed by atoms with Gasteiger partial charge in [0.15, 0.2) is 0 Å². The molecule has 5 heteroatoms. The van der Waals surface area contributed by atoms with E-state index in [4.69, 9.17) is 4.74 Å². The molecule has 1 aliphatic rings. The Morgan fingerprint density at radius 3 is 2.62 bits per heavy atom. The van der Waals surface area contributed by atoms with E-state index < -0.39 is 11.6 Å². The summed E-state index contributed by atoms with van der Waals surface area (Å²) < 4.78 is 34.8. The molecule has 0 radical (unpaired) electrons. The molecule has 26 heavy (non-hydrogen) atoms. The molecule has 0 atom stereocenters. The molecule has 0 saturated heterocycles. The SMILES string of the molecule is CCCCCSc1c(F)cc(-c2cccnc2OCC2CCC2)cc1F. The Hall–Kier alpha value is -1.62. The fourth-order valence-corrected chi connectivity index (χ4v) is 3.91. The number of thioether (sulfide) groups is 1. The number of aromatic nitrogens is 1. The highest BCUT2D eigenvalue weighted by Crippen LogP contribution is 2.35. The Bertz CT molecular complexity index is 711. The molecule has 2 aromatic rings. The van der Waals surface area contributed by atoms with E-state index >= 15 is 0 Å². The molecule has 140 valence electrons. The summed E-state index contributed by atoms with van der Waals surface area (Å²) in [4.78, 5) is 4.37. The predicted molar refractivity (Wildman–Crippen MR) is 103 cm³/mol. The Morgan fingerprint density at radius 1 is 1.19 bits per heavy atom. The number of benzene rings is 1. The molecule has 1 aromatic heterocycles. The number of nitrogens with zero attached hydrogens (tertiary/aromatic N) is 1. The minimum atomic E-state index is -0.518. The quantitative estimate of drug-likeness (QED) is 0.368. The van der Waals surface area contributed by atoms with E-state index in [-0.39, 0.29) is 4.90 Å². The molecule has 1 fully saturated rings. The number of rotatable bonds is 9. The van der Waals surface area contributed by atoms with E-state index in [1.807, 2.05) is 0 Å². The van der Waals surface area contributed by atoms with Gasteiger partial charge in [0.25, 0.3) is 0 Å². The van der Waals surface area contributed by atoms with Crippen LogP contribution in [0.3, 0.4) is 0 Å². The van der Waals surface area contributed by atoms with Crippen LogP contribution in [0.1, 0.15) is 45.4 Å². The van der Waals surface area contributed by atoms with Crippen LogP contribution in [0.5, 0.6) is 5.88 Å². The van der Waals surface area contributed by atoms with E-state index in [1.165, 1.54) is 43.2 Å². The topological polar surface area (TPSA) is 22.1 Å². The summed E-state index contributed by atoms with van der Waals surface area (Å²) in [5.41, 5.74) is 1.10. The van der Waals surface area contributed by atoms with E-state index in [0.717, 1.165) is 25.0 Å². The lowest BCUT2D eigenvalue weighted by Gasteiger charge is -2.25. The van der Waals surface area contributed by atoms with Gasteiger partial charge >= 0.3 is 0 Å². The molecule has 0 spiro atoms. The van der Waals surface area contributed by atoms with Crippen molar-refractivity contribution in [1.82, 2.24) is 4.98 Å². The molecule has 0 unspecified atom stereocenters. The molecular formula is C21H25F2NOS. The summed E-state index contributed by atoms with van der Waals surface area (Å²) in [5.74, 6) is 0.705. The molecule has 0 N–H and O–H groups in total. The molecule has 1 aromatic carbocycles. The van der Waals surface area contributed by atoms with Gasteiger partial charge in [-0.05, 0) is 60.8 Å². The minimum Gasteiger partial charge on any atom is -0.477 e. The summed E-state index contributed by atoms with van der Waals surface area (Å²) in [6.07, 6.45) is 8.37. The van der Waals surface area contributed by atoms with Gasteiger partial charge in [0.2, 0.25) is 5.88 Å². The maximum atomic E-state index is 14.5. The summed E-state index contributed by atoms with van der Waals surface area (Å²) >= 11 is 1.25. The van der Waals surface area contributed by atoms with Gasteiger partial charge in [-0.1, -0.05) is 26.2 Å². The van der Waals surface area contributed by atoms with Crippen molar-refractivity contribution in [1.29, 1.82) is 0 Å². The third-order valence-corrected chi connectivity index (χ3v) is 5.93. The van der Waals surface area contributed by atoms with E-state index in [0.29, 0.717) is 29.5 Å². The second kappa shape index (κ2) is 9.36. The zero-order valence-electron chi connectivity index (χ0n) is 15.1. The Kier molecular flexibility index (Phi) is 6.89. The number of hydrogen-bond acceptors (Lipinski definition) is 3. The van der Waals surface area contributed by atoms with Gasteiger partial charge in [0.1, 0.15) is 11.6 Å². The van der Waals surface area contributed by atoms with Crippen molar-refractivity contribution in [2.75, 3.05) is 12.4 Å². The summed E-state index contributed by atoms with van der Waals surface area (Å²) in [7, 11) is 0. The lowest BCUT2D eigenvalue weighted by Crippen LogP contribution is -2.19. The van der Waals surface area contributed by atoms with Gasteiger partial charge in [-0.15, -0.1) is 11.8 Å². The van der Waals surface area contributed by atoms with Crippen LogP contribution in [-0.4, -0.2) is 17.3 Å². The molecule has 1 heterocycles. The van der Waals surface area contributed by atoms with Crippen LogP contribution in [0, 0.1) is 17.6 Å². The average Bonchev–Trinajstić information content (AvgIpc) is 2.59. The molecule has 0 aliphatic heterocycles. The Balaban J connectivity index is 1.76. The van der Waals surface area contributed by atoms with Crippen LogP contribution in [0.4, 0.5) is 8.78 Å². The average molecular weight is 378 g/mol. The van der Waals surface area contributed by atoms with Crippen LogP contribution < -0.4 is 4.74 Å². The van der Waals surface area contributed by atoms with Gasteiger partial charge in [0, 0.05) is 11.8 Å². The van der Waals surface area contributed by atoms with E-state index in [9.17, 15) is 8.78 Å². The monoisotopic (exact) mass is 377 g/mol. The van der Waals surface area contributed by atoms with Crippen LogP contribution >= 0.6 is 11.8 Å². The Labute approximate surface area is 158 Å². The molecule has 3 rings (SSSR count). The largest absolute Gasteiger partial charge is 0.477 e. The fraction of sp³-hybridized carbons (Fsp3) is 0.476. The van der Waals surface area contributed by atoms with Crippen molar-refractivity contribution in [3.8, 4) is 17.0 Å². The first-order chi connectivity index (χ1) is 12.7. The number of ether oxygens (including phenoxy) is 1. The van der Waals surface area contributed by atoms with E-state index in [1.54, 1.807) is 18.3 Å². The summed E-state index contributed by atoms with van der Waals surface area (Å²) in [5, 5.41) is 0. The van der Waals surface area contributed by atoms with E-state index in [2.05, 4.69) is 11.9 Å². The van der Waals surface area contributed by atoms with Crippen LogP contribution in [0.25, 0.3) is 11.1 Å². The van der Waals surface area contributed by atoms with Gasteiger partial charge < -0.3 is 4.74 Å². The maximum Gasteiger partial charge on any atom is 0.221 e. The molecule has 1 aliphatic carbocycles. The highest BCUT2D eigenvalue weighted by Gasteiger charge is 2.20. The first-order valence-electron chi connectivity index (χ1n) is 9.39. The number of unbranched alkanes of at least 4 members (excludes halogenated alkanes) is 2. The highest BCUT2D eigenvalue weighted by molar-refractivity contribution is 7.99. The van der Waals surface area contributed by atoms with Gasteiger partial charge in [-0.2, -0.15) is 0 Å². The smallest absolute Gasteiger partial charge is 0.221 e. The first kappa shape index (κ1) is 19.2. The Morgan fingerprint density at radius 2 is 1.96 bits per heavy atom. The zero-order chi connectivity index (χ0) is 18.4. The number of pyridine rings is 1. The van der Waals surface area contributed by atoms with Crippen LogP contribution in [0.15, 0.2) is 35.4 Å². The number of hydrogen-bond donors (Lipinski definition) is 0. The number of halogens is 2. The van der Waals surface area contributed by atoms with Crippen LogP contribution in [0.2, 0.25) is 0 Å². The summed E-state index contributed by atoms with van der Waals surface area (Å²) in [6.45, 7) is 2.72. The third kappa shape index (κ3) is 4.76. The highest BCUT2D eigenvalue weighted by atomic mass is 32.2. The standard InChI is InChI=1S/C21H25F2NOS/c1-2-3-4-11-26-20-18(22)12-16(13-19(20)23)17-9-6-10-24-21(17)25-14-15-7-5-8-15/h6,9-10,12-13,15H,2-5,7-8,11,14H2,1H3. The second-order valence-corrected chi connectivity index (χ2v) is 7.89. The lowest BCUT2D eigenvalue weighted by atomic mass is 9.86. The zero-order valence-corrected chi connectivity index (χ0v) is 16.0. The van der Waals surface area contributed by atoms with Gasteiger partial charge in [-0.25, -0.2) is 13.8 Å². The van der Waals surface area contributed by atoms with Crippen molar-refractivity contribution in [3.05, 3.63) is 42.1 Å². The third-order valence-electron chi connectivity index (χ3n) is 4.76.